The summed E-state index contributed by atoms with van der Waals surface area (Å²) in [7, 11) is -1.84. The summed E-state index contributed by atoms with van der Waals surface area (Å²) in [6.45, 7) is 7.54. The first-order chi connectivity index (χ1) is 7.10. The highest BCUT2D eigenvalue weighted by Gasteiger charge is 2.31. The third-order valence-electron chi connectivity index (χ3n) is 2.68. The predicted octanol–water partition coefficient (Wildman–Crippen LogP) is 1.36. The standard InChI is InChI=1S/C10H22N2O2S2/c1-7(2)6-8(3)12(5)16(13,14)9(4)10(11)15/h7-9H,6H2,1-5H3,(H2,11,15). The van der Waals surface area contributed by atoms with Gasteiger partial charge in [0, 0.05) is 13.1 Å². The van der Waals surface area contributed by atoms with Crippen LogP contribution in [0.4, 0.5) is 0 Å². The molecule has 0 spiro atoms. The van der Waals surface area contributed by atoms with Crippen LogP contribution in [-0.2, 0) is 10.0 Å². The van der Waals surface area contributed by atoms with Gasteiger partial charge in [-0.15, -0.1) is 0 Å². The van der Waals surface area contributed by atoms with Crippen LogP contribution < -0.4 is 5.73 Å². The van der Waals surface area contributed by atoms with Gasteiger partial charge in [0.15, 0.2) is 0 Å². The van der Waals surface area contributed by atoms with Gasteiger partial charge in [0.05, 0.1) is 4.99 Å². The molecule has 6 heteroatoms. The molecule has 0 heterocycles. The Labute approximate surface area is 104 Å². The van der Waals surface area contributed by atoms with E-state index >= 15 is 0 Å². The van der Waals surface area contributed by atoms with E-state index < -0.39 is 15.3 Å². The van der Waals surface area contributed by atoms with E-state index in [-0.39, 0.29) is 11.0 Å². The summed E-state index contributed by atoms with van der Waals surface area (Å²) in [5, 5.41) is -0.804. The molecule has 0 rings (SSSR count). The van der Waals surface area contributed by atoms with Crippen molar-refractivity contribution < 1.29 is 8.42 Å². The molecule has 0 aromatic carbocycles. The van der Waals surface area contributed by atoms with Crippen LogP contribution in [0.15, 0.2) is 0 Å². The zero-order valence-corrected chi connectivity index (χ0v) is 12.2. The maximum absolute atomic E-state index is 12.1. The van der Waals surface area contributed by atoms with Crippen LogP contribution in [0.3, 0.4) is 0 Å². The Hall–Kier alpha value is -0.200. The summed E-state index contributed by atoms with van der Waals surface area (Å²) in [5.74, 6) is 0.452. The highest BCUT2D eigenvalue weighted by Crippen LogP contribution is 2.16. The van der Waals surface area contributed by atoms with Crippen molar-refractivity contribution in [3.63, 3.8) is 0 Å². The first-order valence-corrected chi connectivity index (χ1v) is 7.28. The molecule has 0 aliphatic carbocycles. The van der Waals surface area contributed by atoms with Crippen molar-refractivity contribution >= 4 is 27.2 Å². The van der Waals surface area contributed by atoms with Gasteiger partial charge in [0.25, 0.3) is 0 Å². The monoisotopic (exact) mass is 266 g/mol. The van der Waals surface area contributed by atoms with Crippen LogP contribution in [0.5, 0.6) is 0 Å². The van der Waals surface area contributed by atoms with Crippen molar-refractivity contribution in [1.29, 1.82) is 0 Å². The van der Waals surface area contributed by atoms with Gasteiger partial charge in [-0.1, -0.05) is 26.1 Å². The lowest BCUT2D eigenvalue weighted by molar-refractivity contribution is 0.337. The Balaban J connectivity index is 4.83. The molecule has 2 atom stereocenters. The maximum atomic E-state index is 12.1. The zero-order valence-electron chi connectivity index (χ0n) is 10.6. The minimum absolute atomic E-state index is 0.0172. The lowest BCUT2D eigenvalue weighted by Crippen LogP contribution is -2.45. The number of hydrogen-bond acceptors (Lipinski definition) is 3. The molecule has 16 heavy (non-hydrogen) atoms. The van der Waals surface area contributed by atoms with E-state index in [1.807, 2.05) is 6.92 Å². The fourth-order valence-corrected chi connectivity index (χ4v) is 3.22. The second-order valence-electron chi connectivity index (χ2n) is 4.58. The van der Waals surface area contributed by atoms with E-state index in [0.717, 1.165) is 6.42 Å². The fraction of sp³-hybridized carbons (Fsp3) is 0.900. The third-order valence-corrected chi connectivity index (χ3v) is 5.50. The summed E-state index contributed by atoms with van der Waals surface area (Å²) < 4.78 is 25.5. The van der Waals surface area contributed by atoms with Crippen molar-refractivity contribution in [1.82, 2.24) is 4.31 Å². The maximum Gasteiger partial charge on any atom is 0.223 e. The second-order valence-corrected chi connectivity index (χ2v) is 7.37. The second kappa shape index (κ2) is 5.93. The van der Waals surface area contributed by atoms with E-state index in [1.165, 1.54) is 11.2 Å². The molecular weight excluding hydrogens is 244 g/mol. The molecule has 4 nitrogen and oxygen atoms in total. The Kier molecular flexibility index (Phi) is 5.86. The molecule has 0 aliphatic rings. The Bertz CT molecular complexity index is 339. The van der Waals surface area contributed by atoms with Gasteiger partial charge in [-0.05, 0) is 26.2 Å². The van der Waals surface area contributed by atoms with Gasteiger partial charge in [-0.25, -0.2) is 12.7 Å². The molecule has 0 saturated heterocycles. The molecule has 0 amide bonds. The summed E-state index contributed by atoms with van der Waals surface area (Å²) in [4.78, 5) is 0.0172. The normalized spacial score (nSPS) is 16.4. The van der Waals surface area contributed by atoms with Crippen LogP contribution >= 0.6 is 12.2 Å². The van der Waals surface area contributed by atoms with Crippen molar-refractivity contribution in [2.75, 3.05) is 7.05 Å². The topological polar surface area (TPSA) is 63.4 Å². The summed E-state index contributed by atoms with van der Waals surface area (Å²) in [5.41, 5.74) is 5.39. The number of rotatable bonds is 6. The Morgan fingerprint density at radius 1 is 1.31 bits per heavy atom. The largest absolute Gasteiger partial charge is 0.392 e. The van der Waals surface area contributed by atoms with Gasteiger partial charge >= 0.3 is 0 Å². The van der Waals surface area contributed by atoms with Crippen molar-refractivity contribution in [3.05, 3.63) is 0 Å². The lowest BCUT2D eigenvalue weighted by Gasteiger charge is -2.28. The van der Waals surface area contributed by atoms with Crippen molar-refractivity contribution in [2.24, 2.45) is 11.7 Å². The van der Waals surface area contributed by atoms with E-state index in [0.29, 0.717) is 5.92 Å². The van der Waals surface area contributed by atoms with E-state index in [9.17, 15) is 8.42 Å². The molecule has 96 valence electrons. The molecule has 0 fully saturated rings. The molecule has 0 bridgehead atoms. The summed E-state index contributed by atoms with van der Waals surface area (Å²) in [6.07, 6.45) is 0.819. The minimum atomic E-state index is -3.42. The lowest BCUT2D eigenvalue weighted by atomic mass is 10.1. The first kappa shape index (κ1) is 15.8. The van der Waals surface area contributed by atoms with E-state index in [4.69, 9.17) is 18.0 Å². The molecule has 0 saturated carbocycles. The number of nitrogens with two attached hydrogens (primary N) is 1. The SMILES string of the molecule is CC(C)CC(C)N(C)S(=O)(=O)C(C)C(N)=S. The summed E-state index contributed by atoms with van der Waals surface area (Å²) in [6, 6.07) is -0.0400. The Morgan fingerprint density at radius 2 is 1.75 bits per heavy atom. The van der Waals surface area contributed by atoms with Crippen LogP contribution in [0.1, 0.15) is 34.1 Å². The van der Waals surface area contributed by atoms with E-state index in [2.05, 4.69) is 13.8 Å². The quantitative estimate of drug-likeness (QED) is 0.737. The first-order valence-electron chi connectivity index (χ1n) is 5.36. The van der Waals surface area contributed by atoms with Gasteiger partial charge < -0.3 is 5.73 Å². The van der Waals surface area contributed by atoms with Crippen molar-refractivity contribution in [3.8, 4) is 0 Å². The fourth-order valence-electron chi connectivity index (χ4n) is 1.48. The zero-order chi connectivity index (χ0) is 13.1. The number of nitrogens with zero attached hydrogens (tertiary/aromatic N) is 1. The van der Waals surface area contributed by atoms with E-state index in [1.54, 1.807) is 7.05 Å². The molecule has 0 radical (unpaired) electrons. The molecule has 0 aromatic heterocycles. The number of thiocarbonyl (C=S) groups is 1. The average molecular weight is 266 g/mol. The van der Waals surface area contributed by atoms with Gasteiger partial charge in [-0.2, -0.15) is 0 Å². The van der Waals surface area contributed by atoms with Crippen molar-refractivity contribution in [2.45, 2.75) is 45.4 Å². The molecule has 2 unspecified atom stereocenters. The molecule has 0 aromatic rings. The minimum Gasteiger partial charge on any atom is -0.392 e. The number of hydrogen-bond donors (Lipinski definition) is 1. The Morgan fingerprint density at radius 3 is 2.06 bits per heavy atom. The molecule has 2 N–H and O–H groups in total. The van der Waals surface area contributed by atoms with Gasteiger partial charge in [0.1, 0.15) is 5.25 Å². The van der Waals surface area contributed by atoms with Gasteiger partial charge in [0.2, 0.25) is 10.0 Å². The predicted molar refractivity (Wildman–Crippen MR) is 71.8 cm³/mol. The highest BCUT2D eigenvalue weighted by molar-refractivity contribution is 7.92. The molecule has 0 aliphatic heterocycles. The van der Waals surface area contributed by atoms with Crippen LogP contribution in [0, 0.1) is 5.92 Å². The van der Waals surface area contributed by atoms with Crippen LogP contribution in [0.25, 0.3) is 0 Å². The third kappa shape index (κ3) is 3.99. The van der Waals surface area contributed by atoms with Crippen LogP contribution in [-0.4, -0.2) is 36.1 Å². The van der Waals surface area contributed by atoms with Gasteiger partial charge in [-0.3, -0.25) is 0 Å². The smallest absolute Gasteiger partial charge is 0.223 e. The highest BCUT2D eigenvalue weighted by atomic mass is 32.2. The summed E-state index contributed by atoms with van der Waals surface area (Å²) >= 11 is 4.73. The molecular formula is C10H22N2O2S2. The number of sulfonamides is 1. The van der Waals surface area contributed by atoms with Crippen LogP contribution in [0.2, 0.25) is 0 Å². The average Bonchev–Trinajstić information content (AvgIpc) is 2.13.